The number of methoxy groups -OCH3 is 1. The van der Waals surface area contributed by atoms with Crippen molar-refractivity contribution in [3.05, 3.63) is 64.5 Å². The molecule has 2 atom stereocenters. The molecule has 4 aromatic rings. The molecule has 0 N–H and O–H groups in total. The van der Waals surface area contributed by atoms with Crippen molar-refractivity contribution < 1.29 is 9.47 Å². The fourth-order valence-electron chi connectivity index (χ4n) is 4.46. The maximum Gasteiger partial charge on any atom is 0.352 e. The van der Waals surface area contributed by atoms with Crippen LogP contribution < -0.4 is 10.4 Å². The molecule has 166 valence electrons. The number of fused-ring (bicyclic) bond motifs is 3. The largest absolute Gasteiger partial charge is 0.497 e. The molecule has 9 heteroatoms. The van der Waals surface area contributed by atoms with Crippen molar-refractivity contribution in [1.29, 1.82) is 0 Å². The van der Waals surface area contributed by atoms with E-state index in [9.17, 15) is 4.79 Å². The smallest absolute Gasteiger partial charge is 0.352 e. The molecule has 1 aliphatic rings. The quantitative estimate of drug-likeness (QED) is 0.475. The van der Waals surface area contributed by atoms with Gasteiger partial charge in [0.15, 0.2) is 5.65 Å². The Morgan fingerprint density at radius 2 is 1.78 bits per heavy atom. The predicted octanol–water partition coefficient (Wildman–Crippen LogP) is 2.11. The Kier molecular flexibility index (Phi) is 5.36. The second-order valence-corrected chi connectivity index (χ2v) is 8.38. The van der Waals surface area contributed by atoms with E-state index in [0.717, 1.165) is 41.9 Å². The molecule has 5 rings (SSSR count). The van der Waals surface area contributed by atoms with Gasteiger partial charge in [-0.25, -0.2) is 14.8 Å². The van der Waals surface area contributed by atoms with Gasteiger partial charge in [-0.05, 0) is 43.2 Å². The molecule has 0 amide bonds. The summed E-state index contributed by atoms with van der Waals surface area (Å²) in [5, 5.41) is 4.97. The van der Waals surface area contributed by atoms with Crippen molar-refractivity contribution in [2.24, 2.45) is 0 Å². The van der Waals surface area contributed by atoms with Gasteiger partial charge in [-0.1, -0.05) is 12.1 Å². The normalized spacial score (nSPS) is 19.6. The lowest BCUT2D eigenvalue weighted by molar-refractivity contribution is -0.0705. The van der Waals surface area contributed by atoms with Crippen molar-refractivity contribution in [1.82, 2.24) is 29.0 Å². The molecule has 4 heterocycles. The number of morpholine rings is 1. The summed E-state index contributed by atoms with van der Waals surface area (Å²) in [4.78, 5) is 24.6. The molecule has 0 bridgehead atoms. The van der Waals surface area contributed by atoms with Crippen LogP contribution in [-0.4, -0.2) is 61.5 Å². The average molecular weight is 435 g/mol. The van der Waals surface area contributed by atoms with E-state index in [-0.39, 0.29) is 17.9 Å². The van der Waals surface area contributed by atoms with E-state index in [1.165, 1.54) is 10.8 Å². The molecule has 9 nitrogen and oxygen atoms in total. The number of ether oxygens (including phenoxy) is 2. The maximum atomic E-state index is 13.1. The maximum absolute atomic E-state index is 13.1. The Bertz CT molecular complexity index is 1300. The van der Waals surface area contributed by atoms with Crippen LogP contribution in [0.4, 0.5) is 0 Å². The highest BCUT2D eigenvalue weighted by Gasteiger charge is 2.23. The lowest BCUT2D eigenvalue weighted by Crippen LogP contribution is -2.44. The van der Waals surface area contributed by atoms with Crippen molar-refractivity contribution >= 4 is 16.7 Å². The zero-order valence-corrected chi connectivity index (χ0v) is 18.4. The van der Waals surface area contributed by atoms with Gasteiger partial charge in [0.05, 0.1) is 31.2 Å². The van der Waals surface area contributed by atoms with Crippen LogP contribution >= 0.6 is 0 Å². The summed E-state index contributed by atoms with van der Waals surface area (Å²) < 4.78 is 14.1. The van der Waals surface area contributed by atoms with Gasteiger partial charge < -0.3 is 9.47 Å². The first-order valence-corrected chi connectivity index (χ1v) is 10.7. The summed E-state index contributed by atoms with van der Waals surface area (Å²) in [5.74, 6) is 0.771. The molecule has 1 saturated heterocycles. The molecule has 32 heavy (non-hydrogen) atoms. The third kappa shape index (κ3) is 3.85. The Hall–Kier alpha value is -3.30. The highest BCUT2D eigenvalue weighted by atomic mass is 16.5. The summed E-state index contributed by atoms with van der Waals surface area (Å²) in [6, 6.07) is 9.72. The summed E-state index contributed by atoms with van der Waals surface area (Å²) in [6.07, 6.45) is 3.66. The second kappa shape index (κ2) is 8.33. The number of aromatic nitrogens is 5. The lowest BCUT2D eigenvalue weighted by atomic mass is 10.1. The van der Waals surface area contributed by atoms with E-state index in [1.54, 1.807) is 11.7 Å². The van der Waals surface area contributed by atoms with Crippen molar-refractivity contribution in [2.45, 2.75) is 39.1 Å². The van der Waals surface area contributed by atoms with E-state index in [4.69, 9.17) is 14.5 Å². The predicted molar refractivity (Wildman–Crippen MR) is 120 cm³/mol. The first-order chi connectivity index (χ1) is 15.5. The highest BCUT2D eigenvalue weighted by Crippen LogP contribution is 2.20. The molecule has 0 spiro atoms. The molecule has 0 saturated carbocycles. The van der Waals surface area contributed by atoms with Gasteiger partial charge >= 0.3 is 5.69 Å². The molecule has 0 radical (unpaired) electrons. The van der Waals surface area contributed by atoms with Gasteiger partial charge in [0.25, 0.3) is 0 Å². The van der Waals surface area contributed by atoms with E-state index in [0.29, 0.717) is 17.8 Å². The van der Waals surface area contributed by atoms with Gasteiger partial charge in [-0.2, -0.15) is 9.61 Å². The Labute approximate surface area is 185 Å². The van der Waals surface area contributed by atoms with Gasteiger partial charge in [0.1, 0.15) is 17.7 Å². The third-order valence-corrected chi connectivity index (χ3v) is 5.78. The van der Waals surface area contributed by atoms with Crippen LogP contribution in [0.3, 0.4) is 0 Å². The van der Waals surface area contributed by atoms with Crippen LogP contribution in [0.2, 0.25) is 0 Å². The number of rotatable bonds is 5. The summed E-state index contributed by atoms with van der Waals surface area (Å²) >= 11 is 0. The number of pyridine rings is 1. The van der Waals surface area contributed by atoms with Gasteiger partial charge in [-0.3, -0.25) is 9.47 Å². The number of hydrogen-bond donors (Lipinski definition) is 0. The molecule has 1 aliphatic heterocycles. The number of benzene rings is 1. The monoisotopic (exact) mass is 434 g/mol. The lowest BCUT2D eigenvalue weighted by Gasteiger charge is -2.35. The van der Waals surface area contributed by atoms with Gasteiger partial charge in [0.2, 0.25) is 0 Å². The van der Waals surface area contributed by atoms with Crippen LogP contribution in [0, 0.1) is 0 Å². The SMILES string of the molecule is COc1ccc(Cn2c(=O)n3ncnc3c3cc(CN4CC(C)OC(C)C4)cnc32)cc1. The fraction of sp³-hybridized carbons (Fsp3) is 0.391. The third-order valence-electron chi connectivity index (χ3n) is 5.78. The fourth-order valence-corrected chi connectivity index (χ4v) is 4.46. The summed E-state index contributed by atoms with van der Waals surface area (Å²) in [6.45, 7) is 7.08. The number of nitrogens with zero attached hydrogens (tertiary/aromatic N) is 6. The van der Waals surface area contributed by atoms with Crippen LogP contribution in [0.25, 0.3) is 16.7 Å². The van der Waals surface area contributed by atoms with Crippen LogP contribution in [-0.2, 0) is 17.8 Å². The van der Waals surface area contributed by atoms with Gasteiger partial charge in [-0.15, -0.1) is 0 Å². The van der Waals surface area contributed by atoms with E-state index in [1.807, 2.05) is 30.5 Å². The summed E-state index contributed by atoms with van der Waals surface area (Å²) in [7, 11) is 1.63. The summed E-state index contributed by atoms with van der Waals surface area (Å²) in [5.41, 5.74) is 2.89. The first-order valence-electron chi connectivity index (χ1n) is 10.7. The average Bonchev–Trinajstić information content (AvgIpc) is 3.27. The van der Waals surface area contributed by atoms with E-state index >= 15 is 0 Å². The molecule has 3 aromatic heterocycles. The number of hydrogen-bond acceptors (Lipinski definition) is 7. The van der Waals surface area contributed by atoms with Crippen LogP contribution in [0.1, 0.15) is 25.0 Å². The first kappa shape index (κ1) is 20.6. The van der Waals surface area contributed by atoms with E-state index < -0.39 is 0 Å². The Morgan fingerprint density at radius 1 is 1.03 bits per heavy atom. The minimum Gasteiger partial charge on any atom is -0.497 e. The second-order valence-electron chi connectivity index (χ2n) is 8.38. The van der Waals surface area contributed by atoms with Gasteiger partial charge in [0, 0.05) is 25.8 Å². The van der Waals surface area contributed by atoms with Crippen molar-refractivity contribution in [3.63, 3.8) is 0 Å². The topological polar surface area (TPSA) is 86.8 Å². The standard InChI is InChI=1S/C23H26N6O3/c1-15-10-27(11-16(2)32-15)12-18-8-20-21(24-9-18)28(23(30)29-22(20)25-14-26-29)13-17-4-6-19(31-3)7-5-17/h4-9,14-16H,10-13H2,1-3H3. The molecule has 0 aliphatic carbocycles. The zero-order chi connectivity index (χ0) is 22.2. The van der Waals surface area contributed by atoms with Crippen molar-refractivity contribution in [2.75, 3.05) is 20.2 Å². The minimum absolute atomic E-state index is 0.199. The van der Waals surface area contributed by atoms with Crippen molar-refractivity contribution in [3.8, 4) is 5.75 Å². The Morgan fingerprint density at radius 3 is 2.50 bits per heavy atom. The molecular weight excluding hydrogens is 408 g/mol. The molecule has 1 fully saturated rings. The molecule has 1 aromatic carbocycles. The Balaban J connectivity index is 1.55. The zero-order valence-electron chi connectivity index (χ0n) is 18.4. The van der Waals surface area contributed by atoms with E-state index in [2.05, 4.69) is 34.9 Å². The van der Waals surface area contributed by atoms with Crippen LogP contribution in [0.15, 0.2) is 47.7 Å². The minimum atomic E-state index is -0.267. The van der Waals surface area contributed by atoms with Crippen LogP contribution in [0.5, 0.6) is 5.75 Å². The molecule has 2 unspecified atom stereocenters. The highest BCUT2D eigenvalue weighted by molar-refractivity contribution is 5.89. The molecular formula is C23H26N6O3.